The minimum absolute atomic E-state index is 0.199. The molecule has 1 N–H and O–H groups in total. The molecule has 33 heavy (non-hydrogen) atoms. The predicted octanol–water partition coefficient (Wildman–Crippen LogP) is 5.26. The molecule has 0 aromatic heterocycles. The van der Waals surface area contributed by atoms with Gasteiger partial charge >= 0.3 is 0 Å². The minimum Gasteiger partial charge on any atom is -0.484 e. The lowest BCUT2D eigenvalue weighted by atomic mass is 10.0. The lowest BCUT2D eigenvalue weighted by Gasteiger charge is -2.31. The summed E-state index contributed by atoms with van der Waals surface area (Å²) in [5.74, 6) is 0.0108. The number of carbonyl (C=O) groups is 2. The number of nitrogens with one attached hydrogen (secondary N) is 1. The van der Waals surface area contributed by atoms with Crippen molar-refractivity contribution in [3.63, 3.8) is 0 Å². The van der Waals surface area contributed by atoms with Gasteiger partial charge in [0.15, 0.2) is 6.61 Å². The van der Waals surface area contributed by atoms with Crippen LogP contribution in [0.2, 0.25) is 5.02 Å². The molecule has 0 aliphatic carbocycles. The fourth-order valence-corrected chi connectivity index (χ4v) is 3.86. The number of likely N-dealkylation sites (N-methyl/N-ethyl adjacent to an activating group) is 1. The summed E-state index contributed by atoms with van der Waals surface area (Å²) in [6, 6.07) is 23.6. The van der Waals surface area contributed by atoms with Crippen molar-refractivity contribution in [2.75, 3.05) is 13.2 Å². The van der Waals surface area contributed by atoms with Crippen molar-refractivity contribution in [1.29, 1.82) is 0 Å². The number of rotatable bonds is 10. The van der Waals surface area contributed by atoms with Crippen LogP contribution >= 0.6 is 27.5 Å². The molecule has 0 unspecified atom stereocenters. The van der Waals surface area contributed by atoms with Crippen LogP contribution in [0, 0.1) is 0 Å². The first-order chi connectivity index (χ1) is 16.0. The summed E-state index contributed by atoms with van der Waals surface area (Å²) in [7, 11) is 0. The van der Waals surface area contributed by atoms with Crippen LogP contribution < -0.4 is 10.1 Å². The fourth-order valence-electron chi connectivity index (χ4n) is 3.42. The Morgan fingerprint density at radius 3 is 2.39 bits per heavy atom. The van der Waals surface area contributed by atoms with Gasteiger partial charge in [-0.25, -0.2) is 0 Å². The van der Waals surface area contributed by atoms with E-state index in [1.165, 1.54) is 0 Å². The first-order valence-electron chi connectivity index (χ1n) is 10.7. The smallest absolute Gasteiger partial charge is 0.261 e. The van der Waals surface area contributed by atoms with Gasteiger partial charge in [0.05, 0.1) is 0 Å². The molecule has 0 radical (unpaired) electrons. The molecule has 2 amide bonds. The van der Waals surface area contributed by atoms with Crippen LogP contribution in [0.4, 0.5) is 0 Å². The summed E-state index contributed by atoms with van der Waals surface area (Å²) < 4.78 is 6.65. The normalized spacial score (nSPS) is 11.5. The van der Waals surface area contributed by atoms with Crippen LogP contribution in [0.1, 0.15) is 18.1 Å². The first-order valence-corrected chi connectivity index (χ1v) is 11.9. The number of benzene rings is 3. The number of carbonyl (C=O) groups excluding carboxylic acids is 2. The van der Waals surface area contributed by atoms with Crippen molar-refractivity contribution in [3.05, 3.63) is 99.5 Å². The van der Waals surface area contributed by atoms with E-state index in [1.54, 1.807) is 29.2 Å². The number of hydrogen-bond donors (Lipinski definition) is 1. The Kier molecular flexibility index (Phi) is 9.34. The quantitative estimate of drug-likeness (QED) is 0.390. The molecule has 3 aromatic carbocycles. The monoisotopic (exact) mass is 528 g/mol. The Balaban J connectivity index is 1.88. The third-order valence-corrected chi connectivity index (χ3v) is 5.81. The molecule has 0 bridgehead atoms. The summed E-state index contributed by atoms with van der Waals surface area (Å²) in [6.07, 6.45) is 0.395. The minimum atomic E-state index is -0.688. The average molecular weight is 530 g/mol. The summed E-state index contributed by atoms with van der Waals surface area (Å²) in [4.78, 5) is 28.1. The zero-order valence-electron chi connectivity index (χ0n) is 18.3. The Morgan fingerprint density at radius 1 is 1.00 bits per heavy atom. The van der Waals surface area contributed by atoms with Gasteiger partial charge in [-0.1, -0.05) is 76.1 Å². The molecule has 7 heteroatoms. The van der Waals surface area contributed by atoms with Gasteiger partial charge in [-0.15, -0.1) is 0 Å². The summed E-state index contributed by atoms with van der Waals surface area (Å²) in [5, 5.41) is 3.40. The van der Waals surface area contributed by atoms with Crippen molar-refractivity contribution in [1.82, 2.24) is 10.2 Å². The van der Waals surface area contributed by atoms with Gasteiger partial charge in [0, 0.05) is 29.0 Å². The van der Waals surface area contributed by atoms with E-state index in [4.69, 9.17) is 16.3 Å². The molecule has 0 heterocycles. The number of nitrogens with zero attached hydrogens (tertiary/aromatic N) is 1. The highest BCUT2D eigenvalue weighted by Gasteiger charge is 2.30. The molecule has 0 aliphatic rings. The lowest BCUT2D eigenvalue weighted by molar-refractivity contribution is -0.142. The Labute approximate surface area is 207 Å². The summed E-state index contributed by atoms with van der Waals surface area (Å²) in [5.41, 5.74) is 1.88. The van der Waals surface area contributed by atoms with Crippen molar-refractivity contribution in [2.45, 2.75) is 25.9 Å². The third-order valence-electron chi connectivity index (χ3n) is 5.05. The zero-order valence-corrected chi connectivity index (χ0v) is 20.7. The van der Waals surface area contributed by atoms with Crippen LogP contribution in [0.15, 0.2) is 83.3 Å². The standard InChI is InChI=1S/C26H26BrClN2O3/c1-2-29-26(32)24(15-19-7-4-3-5-8-19)30(17-20-11-13-21(27)14-12-20)25(31)18-33-23-10-6-9-22(28)16-23/h3-14,16,24H,2,15,17-18H2,1H3,(H,29,32)/t24-/m0/s1. The highest BCUT2D eigenvalue weighted by Crippen LogP contribution is 2.19. The van der Waals surface area contributed by atoms with Crippen LogP contribution in [0.3, 0.4) is 0 Å². The van der Waals surface area contributed by atoms with Crippen molar-refractivity contribution in [3.8, 4) is 5.75 Å². The molecule has 0 spiro atoms. The summed E-state index contributed by atoms with van der Waals surface area (Å²) >= 11 is 9.47. The fraction of sp³-hybridized carbons (Fsp3) is 0.231. The maximum atomic E-state index is 13.4. The molecule has 0 saturated heterocycles. The topological polar surface area (TPSA) is 58.6 Å². The van der Waals surface area contributed by atoms with Crippen molar-refractivity contribution in [2.24, 2.45) is 0 Å². The maximum Gasteiger partial charge on any atom is 0.261 e. The van der Waals surface area contributed by atoms with Crippen molar-refractivity contribution < 1.29 is 14.3 Å². The van der Waals surface area contributed by atoms with Gasteiger partial charge in [0.25, 0.3) is 5.91 Å². The van der Waals surface area contributed by atoms with E-state index < -0.39 is 6.04 Å². The van der Waals surface area contributed by atoms with Gasteiger partial charge in [-0.05, 0) is 48.4 Å². The van der Waals surface area contributed by atoms with Gasteiger partial charge in [-0.2, -0.15) is 0 Å². The molecule has 0 aliphatic heterocycles. The molecule has 0 fully saturated rings. The lowest BCUT2D eigenvalue weighted by Crippen LogP contribution is -2.51. The number of ether oxygens (including phenoxy) is 1. The van der Waals surface area contributed by atoms with E-state index in [-0.39, 0.29) is 25.0 Å². The average Bonchev–Trinajstić information content (AvgIpc) is 2.82. The largest absolute Gasteiger partial charge is 0.484 e. The van der Waals surface area contributed by atoms with Crippen LogP contribution in [-0.4, -0.2) is 35.9 Å². The molecule has 1 atom stereocenters. The van der Waals surface area contributed by atoms with Gasteiger partial charge in [-0.3, -0.25) is 9.59 Å². The molecule has 3 aromatic rings. The van der Waals surface area contributed by atoms with E-state index in [0.29, 0.717) is 23.7 Å². The predicted molar refractivity (Wildman–Crippen MR) is 134 cm³/mol. The zero-order chi connectivity index (χ0) is 23.6. The Hall–Kier alpha value is -2.83. The SMILES string of the molecule is CCNC(=O)[C@H](Cc1ccccc1)N(Cc1ccc(Br)cc1)C(=O)COc1cccc(Cl)c1. The highest BCUT2D eigenvalue weighted by molar-refractivity contribution is 9.10. The van der Waals surface area contributed by atoms with E-state index in [0.717, 1.165) is 15.6 Å². The van der Waals surface area contributed by atoms with Gasteiger partial charge in [0.1, 0.15) is 11.8 Å². The second-order valence-electron chi connectivity index (χ2n) is 7.49. The van der Waals surface area contributed by atoms with E-state index in [9.17, 15) is 9.59 Å². The van der Waals surface area contributed by atoms with Crippen molar-refractivity contribution >= 4 is 39.3 Å². The molecular formula is C26H26BrClN2O3. The van der Waals surface area contributed by atoms with E-state index in [2.05, 4.69) is 21.2 Å². The highest BCUT2D eigenvalue weighted by atomic mass is 79.9. The van der Waals surface area contributed by atoms with Crippen LogP contribution in [-0.2, 0) is 22.6 Å². The first kappa shape index (κ1) is 24.8. The Bertz CT molecular complexity index is 1060. The van der Waals surface area contributed by atoms with Crippen LogP contribution in [0.5, 0.6) is 5.75 Å². The molecular weight excluding hydrogens is 504 g/mol. The molecule has 5 nitrogen and oxygen atoms in total. The molecule has 172 valence electrons. The second kappa shape index (κ2) is 12.4. The number of halogens is 2. The summed E-state index contributed by atoms with van der Waals surface area (Å²) in [6.45, 7) is 2.41. The van der Waals surface area contributed by atoms with Gasteiger partial charge in [0.2, 0.25) is 5.91 Å². The maximum absolute atomic E-state index is 13.4. The van der Waals surface area contributed by atoms with Gasteiger partial charge < -0.3 is 15.0 Å². The van der Waals surface area contributed by atoms with Crippen LogP contribution in [0.25, 0.3) is 0 Å². The van der Waals surface area contributed by atoms with E-state index in [1.807, 2.05) is 61.5 Å². The van der Waals surface area contributed by atoms with E-state index >= 15 is 0 Å². The number of hydrogen-bond acceptors (Lipinski definition) is 3. The Morgan fingerprint density at radius 2 is 1.73 bits per heavy atom. The number of amides is 2. The second-order valence-corrected chi connectivity index (χ2v) is 8.85. The molecule has 0 saturated carbocycles. The molecule has 3 rings (SSSR count). The third kappa shape index (κ3) is 7.62.